The molecule has 0 unspecified atom stereocenters. The molecule has 124 valence electrons. The Labute approximate surface area is 140 Å². The van der Waals surface area contributed by atoms with Gasteiger partial charge in [0.05, 0.1) is 25.9 Å². The summed E-state index contributed by atoms with van der Waals surface area (Å²) in [4.78, 5) is -0.266. The molecule has 2 aromatic carbocycles. The van der Waals surface area contributed by atoms with Crippen molar-refractivity contribution in [3.05, 3.63) is 53.6 Å². The van der Waals surface area contributed by atoms with Gasteiger partial charge in [-0.25, -0.2) is 0 Å². The topological polar surface area (TPSA) is 96.6 Å². The lowest BCUT2D eigenvalue weighted by molar-refractivity contribution is 0.355. The zero-order chi connectivity index (χ0) is 17.7. The molecule has 2 rings (SSSR count). The van der Waals surface area contributed by atoms with Crippen LogP contribution in [0.2, 0.25) is 0 Å². The van der Waals surface area contributed by atoms with E-state index in [1.807, 2.05) is 6.07 Å². The van der Waals surface area contributed by atoms with Gasteiger partial charge in [0.15, 0.2) is 11.5 Å². The molecule has 2 aromatic rings. The molecule has 0 aliphatic carbocycles. The molecule has 0 radical (unpaired) electrons. The summed E-state index contributed by atoms with van der Waals surface area (Å²) in [6, 6.07) is 12.8. The van der Waals surface area contributed by atoms with Crippen molar-refractivity contribution in [1.82, 2.24) is 0 Å². The maximum Gasteiger partial charge on any atom is 0.295 e. The van der Waals surface area contributed by atoms with Crippen LogP contribution in [0.5, 0.6) is 11.5 Å². The molecule has 0 saturated carbocycles. The zero-order valence-corrected chi connectivity index (χ0v) is 13.9. The number of hydrogen-bond acceptors (Lipinski definition) is 5. The number of allylic oxidation sites excluding steroid dienone is 1. The molecule has 7 heteroatoms. The third kappa shape index (κ3) is 3.74. The highest BCUT2D eigenvalue weighted by atomic mass is 32.2. The van der Waals surface area contributed by atoms with E-state index in [1.165, 1.54) is 38.5 Å². The average Bonchev–Trinajstić information content (AvgIpc) is 2.58. The third-order valence-corrected chi connectivity index (χ3v) is 4.24. The van der Waals surface area contributed by atoms with Crippen LogP contribution < -0.4 is 9.47 Å². The van der Waals surface area contributed by atoms with Crippen LogP contribution in [0.3, 0.4) is 0 Å². The van der Waals surface area contributed by atoms with Gasteiger partial charge in [-0.1, -0.05) is 18.2 Å². The highest BCUT2D eigenvalue weighted by Gasteiger charge is 2.15. The van der Waals surface area contributed by atoms with E-state index in [9.17, 15) is 18.2 Å². The van der Waals surface area contributed by atoms with Gasteiger partial charge in [-0.05, 0) is 41.5 Å². The minimum Gasteiger partial charge on any atom is -0.493 e. The molecule has 0 aliphatic heterocycles. The molecular formula is C17H15NO5S. The average molecular weight is 345 g/mol. The Morgan fingerprint density at radius 1 is 1.12 bits per heavy atom. The Hall–Kier alpha value is -2.82. The molecule has 0 amide bonds. The van der Waals surface area contributed by atoms with Gasteiger partial charge in [0, 0.05) is 0 Å². The summed E-state index contributed by atoms with van der Waals surface area (Å²) in [6.07, 6.45) is 1.39. The maximum atomic E-state index is 11.5. The number of methoxy groups -OCH3 is 2. The lowest BCUT2D eigenvalue weighted by Crippen LogP contribution is -2.00. The van der Waals surface area contributed by atoms with E-state index < -0.39 is 10.1 Å². The first-order valence-electron chi connectivity index (χ1n) is 6.81. The van der Waals surface area contributed by atoms with Gasteiger partial charge in [0.25, 0.3) is 10.1 Å². The minimum absolute atomic E-state index is 0.214. The van der Waals surface area contributed by atoms with Crippen LogP contribution in [0, 0.1) is 11.3 Å². The van der Waals surface area contributed by atoms with Crippen molar-refractivity contribution in [2.45, 2.75) is 4.90 Å². The van der Waals surface area contributed by atoms with Crippen molar-refractivity contribution >= 4 is 21.8 Å². The molecule has 0 heterocycles. The molecule has 24 heavy (non-hydrogen) atoms. The van der Waals surface area contributed by atoms with Gasteiger partial charge >= 0.3 is 0 Å². The van der Waals surface area contributed by atoms with Gasteiger partial charge in [0.2, 0.25) is 0 Å². The van der Waals surface area contributed by atoms with Crippen molar-refractivity contribution < 1.29 is 22.4 Å². The zero-order valence-electron chi connectivity index (χ0n) is 13.1. The summed E-state index contributed by atoms with van der Waals surface area (Å²) in [5.74, 6) is 0.955. The predicted octanol–water partition coefficient (Wildman–Crippen LogP) is 3.01. The summed E-state index contributed by atoms with van der Waals surface area (Å²) in [5, 5.41) is 9.42. The van der Waals surface area contributed by atoms with E-state index >= 15 is 0 Å². The van der Waals surface area contributed by atoms with Gasteiger partial charge in [-0.15, -0.1) is 0 Å². The fraction of sp³-hybridized carbons (Fsp3) is 0.118. The Kier molecular flexibility index (Phi) is 5.24. The molecule has 0 spiro atoms. The first-order chi connectivity index (χ1) is 11.4. The second kappa shape index (κ2) is 7.17. The SMILES string of the molecule is COc1ccc(C(C#N)=Cc2ccccc2S(=O)(=O)O)cc1OC. The number of ether oxygens (including phenoxy) is 2. The van der Waals surface area contributed by atoms with Crippen LogP contribution in [0.1, 0.15) is 11.1 Å². The summed E-state index contributed by atoms with van der Waals surface area (Å²) < 4.78 is 42.6. The second-order valence-electron chi connectivity index (χ2n) is 4.75. The molecule has 0 aromatic heterocycles. The fourth-order valence-electron chi connectivity index (χ4n) is 2.17. The molecular weight excluding hydrogens is 330 g/mol. The van der Waals surface area contributed by atoms with Gasteiger partial charge in [0.1, 0.15) is 4.90 Å². The lowest BCUT2D eigenvalue weighted by Gasteiger charge is -2.09. The molecule has 0 atom stereocenters. The van der Waals surface area contributed by atoms with Gasteiger partial charge in [-0.3, -0.25) is 4.55 Å². The molecule has 0 bridgehead atoms. The Morgan fingerprint density at radius 2 is 1.79 bits per heavy atom. The van der Waals surface area contributed by atoms with Gasteiger partial charge in [-0.2, -0.15) is 13.7 Å². The first kappa shape index (κ1) is 17.5. The summed E-state index contributed by atoms with van der Waals surface area (Å²) >= 11 is 0. The van der Waals surface area contributed by atoms with Crippen molar-refractivity contribution in [3.8, 4) is 17.6 Å². The number of rotatable bonds is 5. The van der Waals surface area contributed by atoms with E-state index in [4.69, 9.17) is 9.47 Å². The molecule has 1 N–H and O–H groups in total. The standard InChI is InChI=1S/C17H15NO5S/c1-22-15-8-7-12(10-16(15)23-2)14(11-18)9-13-5-3-4-6-17(13)24(19,20)21/h3-10H,1-2H3,(H,19,20,21). The van der Waals surface area contributed by atoms with Gasteiger partial charge < -0.3 is 9.47 Å². The first-order valence-corrected chi connectivity index (χ1v) is 8.25. The summed E-state index contributed by atoms with van der Waals surface area (Å²) in [6.45, 7) is 0. The molecule has 6 nitrogen and oxygen atoms in total. The number of hydrogen-bond donors (Lipinski definition) is 1. The van der Waals surface area contributed by atoms with Crippen molar-refractivity contribution in [3.63, 3.8) is 0 Å². The van der Waals surface area contributed by atoms with Crippen LogP contribution in [0.25, 0.3) is 11.6 Å². The minimum atomic E-state index is -4.39. The van der Waals surface area contributed by atoms with Crippen LogP contribution >= 0.6 is 0 Å². The van der Waals surface area contributed by atoms with Crippen molar-refractivity contribution in [2.24, 2.45) is 0 Å². The molecule has 0 fully saturated rings. The quantitative estimate of drug-likeness (QED) is 0.508. The summed E-state index contributed by atoms with van der Waals surface area (Å²) in [7, 11) is -1.41. The highest BCUT2D eigenvalue weighted by molar-refractivity contribution is 7.85. The van der Waals surface area contributed by atoms with Crippen LogP contribution in [0.15, 0.2) is 47.4 Å². The van der Waals surface area contributed by atoms with E-state index in [-0.39, 0.29) is 16.0 Å². The molecule has 0 saturated heterocycles. The highest BCUT2D eigenvalue weighted by Crippen LogP contribution is 2.31. The van der Waals surface area contributed by atoms with Crippen molar-refractivity contribution in [2.75, 3.05) is 14.2 Å². The number of nitriles is 1. The van der Waals surface area contributed by atoms with Crippen LogP contribution in [0.4, 0.5) is 0 Å². The predicted molar refractivity (Wildman–Crippen MR) is 89.3 cm³/mol. The number of nitrogens with zero attached hydrogens (tertiary/aromatic N) is 1. The van der Waals surface area contributed by atoms with Crippen molar-refractivity contribution in [1.29, 1.82) is 5.26 Å². The van der Waals surface area contributed by atoms with E-state index in [0.717, 1.165) is 0 Å². The maximum absolute atomic E-state index is 11.5. The van der Waals surface area contributed by atoms with Crippen LogP contribution in [-0.4, -0.2) is 27.2 Å². The lowest BCUT2D eigenvalue weighted by atomic mass is 10.0. The van der Waals surface area contributed by atoms with E-state index in [2.05, 4.69) is 0 Å². The molecule has 0 aliphatic rings. The monoisotopic (exact) mass is 345 g/mol. The Balaban J connectivity index is 2.59. The largest absolute Gasteiger partial charge is 0.493 e. The third-order valence-electron chi connectivity index (χ3n) is 3.31. The number of benzene rings is 2. The normalized spacial score (nSPS) is 11.7. The van der Waals surface area contributed by atoms with Crippen LogP contribution in [-0.2, 0) is 10.1 Å². The Bertz CT molecular complexity index is 926. The summed E-state index contributed by atoms with van der Waals surface area (Å²) in [5.41, 5.74) is 0.957. The smallest absolute Gasteiger partial charge is 0.295 e. The fourth-order valence-corrected chi connectivity index (χ4v) is 2.85. The van der Waals surface area contributed by atoms with E-state index in [1.54, 1.807) is 24.3 Å². The second-order valence-corrected chi connectivity index (χ2v) is 6.14. The van der Waals surface area contributed by atoms with E-state index in [0.29, 0.717) is 17.1 Å². The Morgan fingerprint density at radius 3 is 2.38 bits per heavy atom.